The van der Waals surface area contributed by atoms with Crippen molar-refractivity contribution in [3.63, 3.8) is 0 Å². The molecule has 1 aromatic carbocycles. The van der Waals surface area contributed by atoms with Gasteiger partial charge in [0.05, 0.1) is 12.1 Å². The van der Waals surface area contributed by atoms with E-state index >= 15 is 0 Å². The summed E-state index contributed by atoms with van der Waals surface area (Å²) < 4.78 is 0. The Kier molecular flexibility index (Phi) is 3.19. The molecule has 4 nitrogen and oxygen atoms in total. The lowest BCUT2D eigenvalue weighted by Crippen LogP contribution is -2.02. The maximum atomic E-state index is 10.9. The van der Waals surface area contributed by atoms with Gasteiger partial charge in [-0.15, -0.1) is 0 Å². The van der Waals surface area contributed by atoms with Crippen molar-refractivity contribution in [2.24, 2.45) is 0 Å². The number of benzene rings is 1. The normalized spacial score (nSPS) is 10.6. The Morgan fingerprint density at radius 1 is 1.28 bits per heavy atom. The highest BCUT2D eigenvalue weighted by atomic mass is 16.4. The number of carbonyl (C=O) groups is 1. The summed E-state index contributed by atoms with van der Waals surface area (Å²) >= 11 is 0. The van der Waals surface area contributed by atoms with Crippen LogP contribution in [-0.4, -0.2) is 21.3 Å². The summed E-state index contributed by atoms with van der Waals surface area (Å²) in [5.41, 5.74) is 5.65. The Labute approximate surface area is 106 Å². The molecule has 18 heavy (non-hydrogen) atoms. The molecule has 94 valence electrons. The van der Waals surface area contributed by atoms with Crippen LogP contribution in [-0.2, 0) is 11.2 Å². The second kappa shape index (κ2) is 4.64. The fourth-order valence-electron chi connectivity index (χ4n) is 1.95. The number of carboxylic acids is 1. The Morgan fingerprint density at radius 3 is 2.61 bits per heavy atom. The zero-order chi connectivity index (χ0) is 13.3. The molecule has 0 bridgehead atoms. The van der Waals surface area contributed by atoms with E-state index in [1.807, 2.05) is 39.0 Å². The molecule has 2 N–H and O–H groups in total. The highest BCUT2D eigenvalue weighted by molar-refractivity contribution is 5.76. The summed E-state index contributed by atoms with van der Waals surface area (Å²) in [5, 5.41) is 16.0. The number of carboxylic acid groups (broad SMARTS) is 1. The zero-order valence-corrected chi connectivity index (χ0v) is 10.7. The lowest BCUT2D eigenvalue weighted by Gasteiger charge is -2.05. The standard InChI is InChI=1S/C14H16N2O2/c1-8-4-5-11(6-9(8)2)14-12(7-13(17)18)10(3)15-16-14/h4-6H,7H2,1-3H3,(H,15,16)(H,17,18). The molecule has 0 spiro atoms. The van der Waals surface area contributed by atoms with E-state index in [-0.39, 0.29) is 6.42 Å². The van der Waals surface area contributed by atoms with Crippen LogP contribution in [0.4, 0.5) is 0 Å². The summed E-state index contributed by atoms with van der Waals surface area (Å²) in [6, 6.07) is 6.04. The minimum atomic E-state index is -0.843. The molecular weight excluding hydrogens is 228 g/mol. The van der Waals surface area contributed by atoms with Crippen molar-refractivity contribution in [2.45, 2.75) is 27.2 Å². The number of aliphatic carboxylic acids is 1. The molecule has 0 saturated carbocycles. The lowest BCUT2D eigenvalue weighted by atomic mass is 10.00. The average Bonchev–Trinajstić information content (AvgIpc) is 2.64. The van der Waals surface area contributed by atoms with Crippen LogP contribution >= 0.6 is 0 Å². The number of hydrogen-bond donors (Lipinski definition) is 2. The first-order valence-corrected chi connectivity index (χ1v) is 5.82. The van der Waals surface area contributed by atoms with E-state index in [2.05, 4.69) is 10.2 Å². The molecule has 2 rings (SSSR count). The van der Waals surface area contributed by atoms with Crippen LogP contribution in [0.15, 0.2) is 18.2 Å². The molecule has 2 aromatic rings. The van der Waals surface area contributed by atoms with E-state index in [1.165, 1.54) is 11.1 Å². The van der Waals surface area contributed by atoms with Gasteiger partial charge in [-0.05, 0) is 38.0 Å². The first-order chi connectivity index (χ1) is 8.49. The van der Waals surface area contributed by atoms with Gasteiger partial charge in [0.15, 0.2) is 0 Å². The van der Waals surface area contributed by atoms with E-state index in [1.54, 1.807) is 0 Å². The highest BCUT2D eigenvalue weighted by Crippen LogP contribution is 2.25. The second-order valence-electron chi connectivity index (χ2n) is 4.55. The smallest absolute Gasteiger partial charge is 0.307 e. The van der Waals surface area contributed by atoms with Crippen molar-refractivity contribution >= 4 is 5.97 Å². The van der Waals surface area contributed by atoms with Gasteiger partial charge < -0.3 is 5.11 Å². The van der Waals surface area contributed by atoms with Crippen molar-refractivity contribution < 1.29 is 9.90 Å². The van der Waals surface area contributed by atoms with E-state index < -0.39 is 5.97 Å². The quantitative estimate of drug-likeness (QED) is 0.872. The van der Waals surface area contributed by atoms with Gasteiger partial charge in [0.25, 0.3) is 0 Å². The molecule has 1 heterocycles. The molecule has 0 aliphatic heterocycles. The zero-order valence-electron chi connectivity index (χ0n) is 10.7. The van der Waals surface area contributed by atoms with E-state index in [9.17, 15) is 4.79 Å². The second-order valence-corrected chi connectivity index (χ2v) is 4.55. The molecule has 1 aromatic heterocycles. The Balaban J connectivity index is 2.50. The molecule has 0 fully saturated rings. The first-order valence-electron chi connectivity index (χ1n) is 5.82. The van der Waals surface area contributed by atoms with Crippen LogP contribution in [0, 0.1) is 20.8 Å². The van der Waals surface area contributed by atoms with E-state index in [0.29, 0.717) is 0 Å². The number of nitrogens with zero attached hydrogens (tertiary/aromatic N) is 1. The fraction of sp³-hybridized carbons (Fsp3) is 0.286. The third-order valence-corrected chi connectivity index (χ3v) is 3.18. The van der Waals surface area contributed by atoms with Gasteiger partial charge in [0, 0.05) is 16.8 Å². The predicted molar refractivity (Wildman–Crippen MR) is 69.6 cm³/mol. The number of H-pyrrole nitrogens is 1. The van der Waals surface area contributed by atoms with E-state index in [4.69, 9.17) is 5.11 Å². The van der Waals surface area contributed by atoms with Crippen LogP contribution < -0.4 is 0 Å². The van der Waals surface area contributed by atoms with Crippen molar-refractivity contribution in [1.82, 2.24) is 10.2 Å². The number of rotatable bonds is 3. The third kappa shape index (κ3) is 2.27. The minimum Gasteiger partial charge on any atom is -0.481 e. The van der Waals surface area contributed by atoms with Crippen molar-refractivity contribution in [1.29, 1.82) is 0 Å². The number of aryl methyl sites for hydroxylation is 3. The maximum Gasteiger partial charge on any atom is 0.307 e. The van der Waals surface area contributed by atoms with Gasteiger partial charge in [-0.1, -0.05) is 12.1 Å². The van der Waals surface area contributed by atoms with Crippen molar-refractivity contribution in [3.8, 4) is 11.3 Å². The third-order valence-electron chi connectivity index (χ3n) is 3.18. The minimum absolute atomic E-state index is 0.00933. The number of hydrogen-bond acceptors (Lipinski definition) is 2. The number of aromatic nitrogens is 2. The molecule has 0 radical (unpaired) electrons. The summed E-state index contributed by atoms with van der Waals surface area (Å²) in [5.74, 6) is -0.843. The van der Waals surface area contributed by atoms with Crippen LogP contribution in [0.2, 0.25) is 0 Å². The lowest BCUT2D eigenvalue weighted by molar-refractivity contribution is -0.136. The highest BCUT2D eigenvalue weighted by Gasteiger charge is 2.15. The van der Waals surface area contributed by atoms with E-state index in [0.717, 1.165) is 22.5 Å². The molecule has 4 heteroatoms. The summed E-state index contributed by atoms with van der Waals surface area (Å²) in [4.78, 5) is 10.9. The largest absolute Gasteiger partial charge is 0.481 e. The Hall–Kier alpha value is -2.10. The summed E-state index contributed by atoms with van der Waals surface area (Å²) in [7, 11) is 0. The molecule has 0 aliphatic carbocycles. The Bertz CT molecular complexity index is 600. The maximum absolute atomic E-state index is 10.9. The topological polar surface area (TPSA) is 66.0 Å². The summed E-state index contributed by atoms with van der Waals surface area (Å²) in [6.07, 6.45) is -0.00933. The molecule has 0 amide bonds. The van der Waals surface area contributed by atoms with Crippen LogP contribution in [0.3, 0.4) is 0 Å². The number of nitrogens with one attached hydrogen (secondary N) is 1. The van der Waals surface area contributed by atoms with Crippen LogP contribution in [0.25, 0.3) is 11.3 Å². The van der Waals surface area contributed by atoms with Crippen molar-refractivity contribution in [3.05, 3.63) is 40.6 Å². The molecular formula is C14H16N2O2. The Morgan fingerprint density at radius 2 is 2.00 bits per heavy atom. The fourth-order valence-corrected chi connectivity index (χ4v) is 1.95. The van der Waals surface area contributed by atoms with Crippen LogP contribution in [0.5, 0.6) is 0 Å². The molecule has 0 unspecified atom stereocenters. The van der Waals surface area contributed by atoms with Gasteiger partial charge in [-0.3, -0.25) is 9.89 Å². The number of aromatic amines is 1. The molecule has 0 aliphatic rings. The van der Waals surface area contributed by atoms with Crippen LogP contribution in [0.1, 0.15) is 22.4 Å². The average molecular weight is 244 g/mol. The SMILES string of the molecule is Cc1ccc(-c2n[nH]c(C)c2CC(=O)O)cc1C. The van der Waals surface area contributed by atoms with Gasteiger partial charge in [0.2, 0.25) is 0 Å². The summed E-state index contributed by atoms with van der Waals surface area (Å²) in [6.45, 7) is 5.93. The first kappa shape index (κ1) is 12.4. The molecule has 0 atom stereocenters. The van der Waals surface area contributed by atoms with Crippen molar-refractivity contribution in [2.75, 3.05) is 0 Å². The van der Waals surface area contributed by atoms with Gasteiger partial charge in [-0.25, -0.2) is 0 Å². The van der Waals surface area contributed by atoms with Gasteiger partial charge in [-0.2, -0.15) is 5.10 Å². The monoisotopic (exact) mass is 244 g/mol. The predicted octanol–water partition coefficient (Wildman–Crippen LogP) is 2.63. The van der Waals surface area contributed by atoms with Gasteiger partial charge in [0.1, 0.15) is 0 Å². The molecule has 0 saturated heterocycles. The van der Waals surface area contributed by atoms with Gasteiger partial charge >= 0.3 is 5.97 Å².